The Morgan fingerprint density at radius 2 is 1.95 bits per heavy atom. The van der Waals surface area contributed by atoms with Gasteiger partial charge in [-0.2, -0.15) is 0 Å². The van der Waals surface area contributed by atoms with Crippen molar-refractivity contribution in [3.8, 4) is 0 Å². The average molecular weight is 298 g/mol. The van der Waals surface area contributed by atoms with E-state index in [-0.39, 0.29) is 18.0 Å². The number of aromatic nitrogens is 2. The van der Waals surface area contributed by atoms with Crippen molar-refractivity contribution in [2.75, 3.05) is 13.7 Å². The van der Waals surface area contributed by atoms with Crippen LogP contribution < -0.4 is 0 Å². The smallest absolute Gasteiger partial charge is 0.359 e. The number of carbonyl (C=O) groups excluding carboxylic acids is 2. The van der Waals surface area contributed by atoms with Crippen LogP contribution in [0.3, 0.4) is 0 Å². The van der Waals surface area contributed by atoms with Gasteiger partial charge in [0, 0.05) is 16.3 Å². The van der Waals surface area contributed by atoms with E-state index in [1.54, 1.807) is 13.0 Å². The van der Waals surface area contributed by atoms with E-state index < -0.39 is 11.9 Å². The van der Waals surface area contributed by atoms with Gasteiger partial charge in [0.25, 0.3) is 0 Å². The Labute approximate surface area is 126 Å². The molecule has 0 atom stereocenters. The van der Waals surface area contributed by atoms with Crippen LogP contribution in [0.1, 0.15) is 27.9 Å². The van der Waals surface area contributed by atoms with Crippen LogP contribution in [0.25, 0.3) is 21.8 Å². The van der Waals surface area contributed by atoms with Crippen molar-refractivity contribution in [3.63, 3.8) is 0 Å². The van der Waals surface area contributed by atoms with Gasteiger partial charge in [-0.25, -0.2) is 14.6 Å². The molecule has 6 nitrogen and oxygen atoms in total. The molecule has 2 heterocycles. The summed E-state index contributed by atoms with van der Waals surface area (Å²) >= 11 is 0. The van der Waals surface area contributed by atoms with Crippen molar-refractivity contribution in [2.45, 2.75) is 6.92 Å². The second-order valence-electron chi connectivity index (χ2n) is 4.66. The number of rotatable bonds is 3. The van der Waals surface area contributed by atoms with Gasteiger partial charge >= 0.3 is 11.9 Å². The first-order valence-corrected chi connectivity index (χ1v) is 6.82. The Bertz CT molecular complexity index is 882. The molecule has 0 radical (unpaired) electrons. The molecule has 6 heteroatoms. The summed E-state index contributed by atoms with van der Waals surface area (Å²) in [5, 5.41) is 1.63. The molecule has 0 saturated carbocycles. The van der Waals surface area contributed by atoms with Gasteiger partial charge in [-0.15, -0.1) is 0 Å². The topological polar surface area (TPSA) is 81.3 Å². The van der Waals surface area contributed by atoms with Crippen molar-refractivity contribution in [1.82, 2.24) is 9.97 Å². The van der Waals surface area contributed by atoms with Gasteiger partial charge in [0.15, 0.2) is 5.69 Å². The molecule has 22 heavy (non-hydrogen) atoms. The number of hydrogen-bond acceptors (Lipinski definition) is 5. The molecule has 0 fully saturated rings. The number of para-hydroxylation sites is 1. The fourth-order valence-electron chi connectivity index (χ4n) is 2.40. The van der Waals surface area contributed by atoms with E-state index in [4.69, 9.17) is 9.47 Å². The van der Waals surface area contributed by atoms with Gasteiger partial charge in [0.1, 0.15) is 5.69 Å². The lowest BCUT2D eigenvalue weighted by Gasteiger charge is -2.05. The summed E-state index contributed by atoms with van der Waals surface area (Å²) in [4.78, 5) is 31.2. The number of H-pyrrole nitrogens is 1. The minimum Gasteiger partial charge on any atom is -0.464 e. The predicted molar refractivity (Wildman–Crippen MR) is 80.9 cm³/mol. The Kier molecular flexibility index (Phi) is 3.50. The van der Waals surface area contributed by atoms with Gasteiger partial charge in [-0.1, -0.05) is 18.2 Å². The third-order valence-corrected chi connectivity index (χ3v) is 3.36. The second kappa shape index (κ2) is 5.48. The maximum Gasteiger partial charge on any atom is 0.359 e. The van der Waals surface area contributed by atoms with E-state index in [0.29, 0.717) is 5.52 Å². The number of nitrogens with zero attached hydrogens (tertiary/aromatic N) is 1. The molecule has 3 aromatic rings. The first kappa shape index (κ1) is 14.1. The normalized spacial score (nSPS) is 10.8. The number of fused-ring (bicyclic) bond motifs is 3. The molecule has 0 spiro atoms. The van der Waals surface area contributed by atoms with Crippen molar-refractivity contribution in [2.24, 2.45) is 0 Å². The van der Waals surface area contributed by atoms with E-state index in [1.807, 2.05) is 24.3 Å². The zero-order valence-corrected chi connectivity index (χ0v) is 12.2. The monoisotopic (exact) mass is 298 g/mol. The highest BCUT2D eigenvalue weighted by Crippen LogP contribution is 2.28. The summed E-state index contributed by atoms with van der Waals surface area (Å²) in [6, 6.07) is 9.18. The molecule has 0 amide bonds. The number of hydrogen-bond donors (Lipinski definition) is 1. The van der Waals surface area contributed by atoms with Gasteiger partial charge < -0.3 is 14.5 Å². The lowest BCUT2D eigenvalue weighted by molar-refractivity contribution is 0.0521. The summed E-state index contributed by atoms with van der Waals surface area (Å²) < 4.78 is 9.73. The Hall–Kier alpha value is -2.89. The second-order valence-corrected chi connectivity index (χ2v) is 4.66. The lowest BCUT2D eigenvalue weighted by atomic mass is 10.1. The van der Waals surface area contributed by atoms with Crippen LogP contribution in [-0.2, 0) is 9.47 Å². The maximum atomic E-state index is 12.1. The summed E-state index contributed by atoms with van der Waals surface area (Å²) in [7, 11) is 1.27. The highest BCUT2D eigenvalue weighted by Gasteiger charge is 2.21. The number of ether oxygens (including phenoxy) is 2. The maximum absolute atomic E-state index is 12.1. The molecule has 0 aliphatic carbocycles. The van der Waals surface area contributed by atoms with Crippen molar-refractivity contribution in [1.29, 1.82) is 0 Å². The van der Waals surface area contributed by atoms with Gasteiger partial charge in [0.2, 0.25) is 0 Å². The van der Waals surface area contributed by atoms with Crippen LogP contribution >= 0.6 is 0 Å². The number of methoxy groups -OCH3 is 1. The molecule has 0 aliphatic heterocycles. The fourth-order valence-corrected chi connectivity index (χ4v) is 2.40. The van der Waals surface area contributed by atoms with Gasteiger partial charge in [0.05, 0.1) is 19.2 Å². The Morgan fingerprint density at radius 1 is 1.18 bits per heavy atom. The number of pyridine rings is 1. The minimum absolute atomic E-state index is 0.0720. The molecule has 0 aliphatic rings. The third kappa shape index (κ3) is 2.18. The summed E-state index contributed by atoms with van der Waals surface area (Å²) in [6.07, 6.45) is 0. The molecule has 0 saturated heterocycles. The van der Waals surface area contributed by atoms with Gasteiger partial charge in [-0.3, -0.25) is 0 Å². The zero-order chi connectivity index (χ0) is 15.7. The number of benzene rings is 1. The number of esters is 2. The number of aromatic amines is 1. The Balaban J connectivity index is 2.35. The third-order valence-electron chi connectivity index (χ3n) is 3.36. The highest BCUT2D eigenvalue weighted by molar-refractivity contribution is 6.14. The Morgan fingerprint density at radius 3 is 2.68 bits per heavy atom. The molecule has 0 unspecified atom stereocenters. The predicted octanol–water partition coefficient (Wildman–Crippen LogP) is 2.68. The quantitative estimate of drug-likeness (QED) is 0.752. The lowest BCUT2D eigenvalue weighted by Crippen LogP contribution is -2.12. The largest absolute Gasteiger partial charge is 0.464 e. The van der Waals surface area contributed by atoms with E-state index in [0.717, 1.165) is 16.3 Å². The average Bonchev–Trinajstić information content (AvgIpc) is 2.92. The zero-order valence-electron chi connectivity index (χ0n) is 12.2. The summed E-state index contributed by atoms with van der Waals surface area (Å²) in [6.45, 7) is 1.94. The SMILES string of the molecule is CCOC(=O)c1nc(C(=O)OC)cc2c1[nH]c1ccccc12. The molecule has 2 aromatic heterocycles. The van der Waals surface area contributed by atoms with Crippen molar-refractivity contribution in [3.05, 3.63) is 41.7 Å². The molecule has 1 aromatic carbocycles. The van der Waals surface area contributed by atoms with Crippen LogP contribution in [0, 0.1) is 0 Å². The van der Waals surface area contributed by atoms with Crippen molar-refractivity contribution >= 4 is 33.7 Å². The minimum atomic E-state index is -0.599. The standard InChI is InChI=1S/C16H14N2O4/c1-3-22-16(20)14-13-10(8-12(18-14)15(19)21-2)9-6-4-5-7-11(9)17-13/h4-8,17H,3H2,1-2H3. The molecular weight excluding hydrogens is 284 g/mol. The molecule has 3 rings (SSSR count). The number of nitrogens with one attached hydrogen (secondary N) is 1. The van der Waals surface area contributed by atoms with Crippen molar-refractivity contribution < 1.29 is 19.1 Å². The first-order chi connectivity index (χ1) is 10.7. The van der Waals surface area contributed by atoms with E-state index in [9.17, 15) is 9.59 Å². The van der Waals surface area contributed by atoms with Gasteiger partial charge in [-0.05, 0) is 19.1 Å². The summed E-state index contributed by atoms with van der Waals surface area (Å²) in [5.41, 5.74) is 1.55. The highest BCUT2D eigenvalue weighted by atomic mass is 16.5. The molecular formula is C16H14N2O4. The van der Waals surface area contributed by atoms with E-state index in [2.05, 4.69) is 9.97 Å². The molecule has 0 bridgehead atoms. The van der Waals surface area contributed by atoms with Crippen LogP contribution in [0.5, 0.6) is 0 Å². The van der Waals surface area contributed by atoms with E-state index >= 15 is 0 Å². The van der Waals surface area contributed by atoms with E-state index in [1.165, 1.54) is 7.11 Å². The molecule has 1 N–H and O–H groups in total. The first-order valence-electron chi connectivity index (χ1n) is 6.82. The molecule has 112 valence electrons. The fraction of sp³-hybridized carbons (Fsp3) is 0.188. The van der Waals surface area contributed by atoms with Crippen LogP contribution in [-0.4, -0.2) is 35.6 Å². The van der Waals surface area contributed by atoms with Crippen LogP contribution in [0.2, 0.25) is 0 Å². The van der Waals surface area contributed by atoms with Crippen LogP contribution in [0.4, 0.5) is 0 Å². The number of carbonyl (C=O) groups is 2. The summed E-state index contributed by atoms with van der Waals surface area (Å²) in [5.74, 6) is -1.18. The van der Waals surface area contributed by atoms with Crippen LogP contribution in [0.15, 0.2) is 30.3 Å².